The molecule has 0 atom stereocenters. The molecule has 1 aromatic heterocycles. The summed E-state index contributed by atoms with van der Waals surface area (Å²) in [6.07, 6.45) is 6.02. The van der Waals surface area contributed by atoms with Crippen LogP contribution >= 0.6 is 0 Å². The van der Waals surface area contributed by atoms with Crippen LogP contribution < -0.4 is 4.90 Å². The Labute approximate surface area is 94.1 Å². The Balaban J connectivity index is 2.27. The second-order valence-corrected chi connectivity index (χ2v) is 3.97. The first kappa shape index (κ1) is 10.9. The second-order valence-electron chi connectivity index (χ2n) is 3.97. The summed E-state index contributed by atoms with van der Waals surface area (Å²) in [4.78, 5) is 13.1. The molecule has 0 amide bonds. The van der Waals surface area contributed by atoms with Crippen LogP contribution in [0.15, 0.2) is 12.3 Å². The summed E-state index contributed by atoms with van der Waals surface area (Å²) < 4.78 is 0. The molecule has 1 aliphatic heterocycles. The number of rotatable bonds is 2. The molecule has 0 unspecified atom stereocenters. The van der Waals surface area contributed by atoms with Gasteiger partial charge in [-0.15, -0.1) is 5.10 Å². The third kappa shape index (κ3) is 2.29. The molecule has 5 nitrogen and oxygen atoms in total. The van der Waals surface area contributed by atoms with E-state index in [9.17, 15) is 4.79 Å². The van der Waals surface area contributed by atoms with Crippen LogP contribution in [0, 0.1) is 0 Å². The molecule has 1 saturated heterocycles. The number of aromatic carboxylic acids is 1. The topological polar surface area (TPSA) is 66.3 Å². The van der Waals surface area contributed by atoms with Gasteiger partial charge >= 0.3 is 5.97 Å². The Hall–Kier alpha value is -1.65. The summed E-state index contributed by atoms with van der Waals surface area (Å²) in [6, 6.07) is 1.51. The Morgan fingerprint density at radius 1 is 1.25 bits per heavy atom. The van der Waals surface area contributed by atoms with Gasteiger partial charge in [0.15, 0.2) is 5.82 Å². The third-order valence-electron chi connectivity index (χ3n) is 2.84. The van der Waals surface area contributed by atoms with E-state index in [0.717, 1.165) is 25.9 Å². The number of aromatic nitrogens is 2. The molecule has 16 heavy (non-hydrogen) atoms. The monoisotopic (exact) mass is 221 g/mol. The van der Waals surface area contributed by atoms with Crippen molar-refractivity contribution in [3.8, 4) is 0 Å². The molecule has 1 fully saturated rings. The molecule has 0 aliphatic carbocycles. The van der Waals surface area contributed by atoms with Crippen LogP contribution in [-0.4, -0.2) is 34.4 Å². The van der Waals surface area contributed by atoms with Gasteiger partial charge in [-0.1, -0.05) is 12.8 Å². The second kappa shape index (κ2) is 4.92. The van der Waals surface area contributed by atoms with Crippen LogP contribution in [0.2, 0.25) is 0 Å². The lowest BCUT2D eigenvalue weighted by Gasteiger charge is -2.21. The van der Waals surface area contributed by atoms with E-state index >= 15 is 0 Å². The van der Waals surface area contributed by atoms with Crippen molar-refractivity contribution in [2.75, 3.05) is 18.0 Å². The highest BCUT2D eigenvalue weighted by Gasteiger charge is 2.18. The van der Waals surface area contributed by atoms with Gasteiger partial charge in [0.2, 0.25) is 0 Å². The Bertz CT molecular complexity index is 373. The Morgan fingerprint density at radius 2 is 1.94 bits per heavy atom. The molecular formula is C11H15N3O2. The van der Waals surface area contributed by atoms with Crippen molar-refractivity contribution in [3.63, 3.8) is 0 Å². The first-order valence-corrected chi connectivity index (χ1v) is 5.59. The van der Waals surface area contributed by atoms with Gasteiger partial charge in [-0.05, 0) is 18.9 Å². The van der Waals surface area contributed by atoms with Gasteiger partial charge in [0.1, 0.15) is 5.56 Å². The Kier molecular flexibility index (Phi) is 3.34. The quantitative estimate of drug-likeness (QED) is 0.820. The maximum Gasteiger partial charge on any atom is 0.339 e. The number of carboxylic acid groups (broad SMARTS) is 1. The SMILES string of the molecule is O=C(O)c1ccnnc1N1CCCCCC1. The van der Waals surface area contributed by atoms with Crippen molar-refractivity contribution in [1.82, 2.24) is 10.2 Å². The van der Waals surface area contributed by atoms with Gasteiger partial charge in [-0.2, -0.15) is 5.10 Å². The fourth-order valence-corrected chi connectivity index (χ4v) is 2.01. The zero-order chi connectivity index (χ0) is 11.4. The average molecular weight is 221 g/mol. The van der Waals surface area contributed by atoms with Gasteiger partial charge in [-0.25, -0.2) is 4.79 Å². The molecule has 0 aromatic carbocycles. The first-order chi connectivity index (χ1) is 7.79. The summed E-state index contributed by atoms with van der Waals surface area (Å²) in [5.41, 5.74) is 0.247. The fraction of sp³-hybridized carbons (Fsp3) is 0.545. The maximum atomic E-state index is 11.1. The fourth-order valence-electron chi connectivity index (χ4n) is 2.01. The lowest BCUT2D eigenvalue weighted by molar-refractivity contribution is 0.0697. The van der Waals surface area contributed by atoms with Crippen LogP contribution in [0.4, 0.5) is 5.82 Å². The van der Waals surface area contributed by atoms with Crippen LogP contribution in [0.1, 0.15) is 36.0 Å². The molecule has 5 heteroatoms. The average Bonchev–Trinajstić information content (AvgIpc) is 2.57. The van der Waals surface area contributed by atoms with E-state index < -0.39 is 5.97 Å². The van der Waals surface area contributed by atoms with Crippen molar-refractivity contribution in [1.29, 1.82) is 0 Å². The standard InChI is InChI=1S/C11H15N3O2/c15-11(16)9-5-6-12-13-10(9)14-7-3-1-2-4-8-14/h5-6H,1-4,7-8H2,(H,15,16). The van der Waals surface area contributed by atoms with E-state index in [4.69, 9.17) is 5.11 Å². The van der Waals surface area contributed by atoms with Crippen molar-refractivity contribution in [2.24, 2.45) is 0 Å². The summed E-state index contributed by atoms with van der Waals surface area (Å²) in [5, 5.41) is 16.8. The minimum absolute atomic E-state index is 0.247. The highest BCUT2D eigenvalue weighted by molar-refractivity contribution is 5.93. The van der Waals surface area contributed by atoms with Crippen molar-refractivity contribution in [2.45, 2.75) is 25.7 Å². The van der Waals surface area contributed by atoms with Crippen molar-refractivity contribution >= 4 is 11.8 Å². The molecule has 86 valence electrons. The van der Waals surface area contributed by atoms with Gasteiger partial charge in [0, 0.05) is 13.1 Å². The van der Waals surface area contributed by atoms with E-state index in [0.29, 0.717) is 5.82 Å². The number of carboxylic acids is 1. The summed E-state index contributed by atoms with van der Waals surface area (Å²) in [5.74, 6) is -0.425. The van der Waals surface area contributed by atoms with Gasteiger partial charge < -0.3 is 10.0 Å². The van der Waals surface area contributed by atoms with E-state index in [1.807, 2.05) is 4.90 Å². The maximum absolute atomic E-state index is 11.1. The summed E-state index contributed by atoms with van der Waals surface area (Å²) >= 11 is 0. The molecule has 1 N–H and O–H groups in total. The van der Waals surface area contributed by atoms with Crippen LogP contribution in [0.3, 0.4) is 0 Å². The predicted molar refractivity (Wildman–Crippen MR) is 59.7 cm³/mol. The number of hydrogen-bond donors (Lipinski definition) is 1. The van der Waals surface area contributed by atoms with Gasteiger partial charge in [0.05, 0.1) is 6.20 Å². The molecule has 2 heterocycles. The normalized spacial score (nSPS) is 16.9. The molecule has 2 rings (SSSR count). The third-order valence-corrected chi connectivity index (χ3v) is 2.84. The number of carbonyl (C=O) groups is 1. The molecule has 0 saturated carbocycles. The smallest absolute Gasteiger partial charge is 0.339 e. The Morgan fingerprint density at radius 3 is 2.56 bits per heavy atom. The number of hydrogen-bond acceptors (Lipinski definition) is 4. The summed E-state index contributed by atoms with van der Waals surface area (Å²) in [6.45, 7) is 1.75. The first-order valence-electron chi connectivity index (χ1n) is 5.59. The highest BCUT2D eigenvalue weighted by atomic mass is 16.4. The largest absolute Gasteiger partial charge is 0.478 e. The molecular weight excluding hydrogens is 206 g/mol. The predicted octanol–water partition coefficient (Wildman–Crippen LogP) is 1.56. The van der Waals surface area contributed by atoms with Crippen LogP contribution in [0.5, 0.6) is 0 Å². The molecule has 0 bridgehead atoms. The molecule has 1 aromatic rings. The minimum Gasteiger partial charge on any atom is -0.478 e. The van der Waals surface area contributed by atoms with E-state index in [1.165, 1.54) is 25.1 Å². The van der Waals surface area contributed by atoms with Crippen LogP contribution in [-0.2, 0) is 0 Å². The van der Waals surface area contributed by atoms with E-state index in [1.54, 1.807) is 0 Å². The lowest BCUT2D eigenvalue weighted by Crippen LogP contribution is -2.27. The zero-order valence-corrected chi connectivity index (χ0v) is 9.09. The zero-order valence-electron chi connectivity index (χ0n) is 9.09. The lowest BCUT2D eigenvalue weighted by atomic mass is 10.2. The molecule has 0 spiro atoms. The summed E-state index contributed by atoms with van der Waals surface area (Å²) in [7, 11) is 0. The van der Waals surface area contributed by atoms with E-state index in [2.05, 4.69) is 10.2 Å². The number of anilines is 1. The molecule has 1 aliphatic rings. The van der Waals surface area contributed by atoms with Crippen molar-refractivity contribution in [3.05, 3.63) is 17.8 Å². The number of nitrogens with zero attached hydrogens (tertiary/aromatic N) is 3. The highest BCUT2D eigenvalue weighted by Crippen LogP contribution is 2.20. The van der Waals surface area contributed by atoms with Crippen molar-refractivity contribution < 1.29 is 9.90 Å². The minimum atomic E-state index is -0.936. The van der Waals surface area contributed by atoms with E-state index in [-0.39, 0.29) is 5.56 Å². The van der Waals surface area contributed by atoms with Gasteiger partial charge in [0.25, 0.3) is 0 Å². The van der Waals surface area contributed by atoms with Gasteiger partial charge in [-0.3, -0.25) is 0 Å². The molecule has 0 radical (unpaired) electrons. The van der Waals surface area contributed by atoms with Crippen LogP contribution in [0.25, 0.3) is 0 Å².